The van der Waals surface area contributed by atoms with E-state index in [0.29, 0.717) is 12.8 Å². The maximum absolute atomic E-state index is 10.7. The molecule has 0 saturated carbocycles. The standard InChI is InChI=1S/C8H13NO2/c1-3-4-5-6-7(9)8(10)11-2/h1,7H,4-6,9H2,2H3. The first-order chi connectivity index (χ1) is 5.22. The molecule has 0 saturated heterocycles. The van der Waals surface area contributed by atoms with Crippen LogP contribution in [0, 0.1) is 12.3 Å². The minimum absolute atomic E-state index is 0.373. The van der Waals surface area contributed by atoms with E-state index in [0.717, 1.165) is 6.42 Å². The number of methoxy groups -OCH3 is 1. The summed E-state index contributed by atoms with van der Waals surface area (Å²) in [5.41, 5.74) is 5.43. The second kappa shape index (κ2) is 5.75. The first-order valence-corrected chi connectivity index (χ1v) is 3.49. The van der Waals surface area contributed by atoms with Gasteiger partial charge in [-0.05, 0) is 12.8 Å². The van der Waals surface area contributed by atoms with Gasteiger partial charge in [0.05, 0.1) is 7.11 Å². The molecular formula is C8H13NO2. The average Bonchev–Trinajstić information content (AvgIpc) is 2.03. The summed E-state index contributed by atoms with van der Waals surface area (Å²) in [5, 5.41) is 0. The van der Waals surface area contributed by atoms with Crippen molar-refractivity contribution < 1.29 is 9.53 Å². The van der Waals surface area contributed by atoms with Crippen molar-refractivity contribution in [1.82, 2.24) is 0 Å². The third-order valence-corrected chi connectivity index (χ3v) is 1.34. The molecule has 0 aromatic heterocycles. The van der Waals surface area contributed by atoms with E-state index in [1.54, 1.807) is 0 Å². The molecule has 11 heavy (non-hydrogen) atoms. The number of esters is 1. The number of hydrogen-bond donors (Lipinski definition) is 1. The lowest BCUT2D eigenvalue weighted by atomic mass is 10.1. The van der Waals surface area contributed by atoms with Crippen LogP contribution in [0.3, 0.4) is 0 Å². The lowest BCUT2D eigenvalue weighted by Gasteiger charge is -2.06. The van der Waals surface area contributed by atoms with Crippen molar-refractivity contribution in [3.05, 3.63) is 0 Å². The number of ether oxygens (including phenoxy) is 1. The molecule has 0 radical (unpaired) electrons. The predicted molar refractivity (Wildman–Crippen MR) is 42.7 cm³/mol. The maximum Gasteiger partial charge on any atom is 0.322 e. The van der Waals surface area contributed by atoms with Crippen LogP contribution in [0.2, 0.25) is 0 Å². The van der Waals surface area contributed by atoms with Gasteiger partial charge in [0, 0.05) is 6.42 Å². The van der Waals surface area contributed by atoms with E-state index in [1.807, 2.05) is 0 Å². The minimum Gasteiger partial charge on any atom is -0.468 e. The van der Waals surface area contributed by atoms with Crippen LogP contribution in [-0.4, -0.2) is 19.1 Å². The maximum atomic E-state index is 10.7. The van der Waals surface area contributed by atoms with Gasteiger partial charge in [-0.15, -0.1) is 12.3 Å². The van der Waals surface area contributed by atoms with Crippen molar-refractivity contribution in [2.75, 3.05) is 7.11 Å². The summed E-state index contributed by atoms with van der Waals surface area (Å²) < 4.78 is 4.43. The van der Waals surface area contributed by atoms with E-state index in [1.165, 1.54) is 7.11 Å². The summed E-state index contributed by atoms with van der Waals surface area (Å²) in [6.45, 7) is 0. The van der Waals surface area contributed by atoms with Crippen molar-refractivity contribution in [3.8, 4) is 12.3 Å². The average molecular weight is 155 g/mol. The van der Waals surface area contributed by atoms with Crippen molar-refractivity contribution in [2.45, 2.75) is 25.3 Å². The van der Waals surface area contributed by atoms with Crippen LogP contribution in [-0.2, 0) is 9.53 Å². The molecule has 0 rings (SSSR count). The second-order valence-corrected chi connectivity index (χ2v) is 2.23. The van der Waals surface area contributed by atoms with Crippen molar-refractivity contribution in [2.24, 2.45) is 5.73 Å². The Kier molecular flexibility index (Phi) is 5.22. The van der Waals surface area contributed by atoms with E-state index in [2.05, 4.69) is 10.7 Å². The number of rotatable bonds is 4. The predicted octanol–water partition coefficient (Wildman–Crippen LogP) is 0.290. The number of carbonyl (C=O) groups is 1. The summed E-state index contributed by atoms with van der Waals surface area (Å²) in [6.07, 6.45) is 7.04. The number of hydrogen-bond acceptors (Lipinski definition) is 3. The summed E-state index contributed by atoms with van der Waals surface area (Å²) in [5.74, 6) is 2.10. The number of nitrogens with two attached hydrogens (primary N) is 1. The normalized spacial score (nSPS) is 11.7. The molecule has 0 aliphatic rings. The van der Waals surface area contributed by atoms with Crippen molar-refractivity contribution in [1.29, 1.82) is 0 Å². The molecule has 0 aliphatic carbocycles. The molecule has 1 unspecified atom stereocenters. The number of carbonyl (C=O) groups excluding carboxylic acids is 1. The third kappa shape index (κ3) is 4.40. The topological polar surface area (TPSA) is 52.3 Å². The third-order valence-electron chi connectivity index (χ3n) is 1.34. The Bertz CT molecular complexity index is 160. The van der Waals surface area contributed by atoms with Gasteiger partial charge in [0.25, 0.3) is 0 Å². The molecule has 2 N–H and O–H groups in total. The SMILES string of the molecule is C#CCCCC(N)C(=O)OC. The Morgan fingerprint density at radius 2 is 2.45 bits per heavy atom. The summed E-state index contributed by atoms with van der Waals surface area (Å²) in [6, 6.07) is -0.520. The van der Waals surface area contributed by atoms with Gasteiger partial charge in [-0.1, -0.05) is 0 Å². The van der Waals surface area contributed by atoms with Gasteiger partial charge in [0.1, 0.15) is 6.04 Å². The Morgan fingerprint density at radius 3 is 2.91 bits per heavy atom. The Hall–Kier alpha value is -1.01. The molecule has 0 heterocycles. The number of terminal acetylenes is 1. The summed E-state index contributed by atoms with van der Waals surface area (Å²) in [4.78, 5) is 10.7. The van der Waals surface area contributed by atoms with Gasteiger partial charge in [-0.25, -0.2) is 0 Å². The monoisotopic (exact) mass is 155 g/mol. The van der Waals surface area contributed by atoms with Gasteiger partial charge < -0.3 is 10.5 Å². The lowest BCUT2D eigenvalue weighted by Crippen LogP contribution is -2.31. The van der Waals surface area contributed by atoms with Crippen molar-refractivity contribution in [3.63, 3.8) is 0 Å². The fourth-order valence-electron chi connectivity index (χ4n) is 0.693. The highest BCUT2D eigenvalue weighted by atomic mass is 16.5. The molecule has 0 fully saturated rings. The van der Waals surface area contributed by atoms with Crippen LogP contribution in [0.5, 0.6) is 0 Å². The van der Waals surface area contributed by atoms with E-state index in [4.69, 9.17) is 12.2 Å². The second-order valence-electron chi connectivity index (χ2n) is 2.23. The lowest BCUT2D eigenvalue weighted by molar-refractivity contribution is -0.142. The summed E-state index contributed by atoms with van der Waals surface area (Å²) >= 11 is 0. The minimum atomic E-state index is -0.520. The van der Waals surface area contributed by atoms with Gasteiger partial charge in [0.15, 0.2) is 0 Å². The number of unbranched alkanes of at least 4 members (excludes halogenated alkanes) is 1. The van der Waals surface area contributed by atoms with Crippen LogP contribution in [0.1, 0.15) is 19.3 Å². The van der Waals surface area contributed by atoms with Gasteiger partial charge in [-0.2, -0.15) is 0 Å². The zero-order valence-corrected chi connectivity index (χ0v) is 6.67. The molecule has 3 nitrogen and oxygen atoms in total. The first-order valence-electron chi connectivity index (χ1n) is 3.49. The van der Waals surface area contributed by atoms with Crippen LogP contribution in [0.25, 0.3) is 0 Å². The van der Waals surface area contributed by atoms with Crippen molar-refractivity contribution >= 4 is 5.97 Å². The molecule has 0 aliphatic heterocycles. The highest BCUT2D eigenvalue weighted by Crippen LogP contribution is 1.98. The Labute approximate surface area is 66.9 Å². The van der Waals surface area contributed by atoms with E-state index in [-0.39, 0.29) is 5.97 Å². The fourth-order valence-corrected chi connectivity index (χ4v) is 0.693. The first kappa shape index (κ1) is 9.99. The molecule has 0 amide bonds. The highest BCUT2D eigenvalue weighted by molar-refractivity contribution is 5.75. The van der Waals surface area contributed by atoms with Crippen LogP contribution in [0.4, 0.5) is 0 Å². The van der Waals surface area contributed by atoms with Crippen LogP contribution >= 0.6 is 0 Å². The molecule has 62 valence electrons. The highest BCUT2D eigenvalue weighted by Gasteiger charge is 2.11. The van der Waals surface area contributed by atoms with Gasteiger partial charge in [0.2, 0.25) is 0 Å². The fraction of sp³-hybridized carbons (Fsp3) is 0.625. The van der Waals surface area contributed by atoms with Crippen LogP contribution < -0.4 is 5.73 Å². The van der Waals surface area contributed by atoms with Crippen LogP contribution in [0.15, 0.2) is 0 Å². The molecule has 0 spiro atoms. The molecule has 0 aromatic carbocycles. The zero-order chi connectivity index (χ0) is 8.69. The van der Waals surface area contributed by atoms with E-state index >= 15 is 0 Å². The summed E-state index contributed by atoms with van der Waals surface area (Å²) in [7, 11) is 1.32. The molecule has 3 heteroatoms. The molecular weight excluding hydrogens is 142 g/mol. The van der Waals surface area contributed by atoms with Gasteiger partial charge >= 0.3 is 5.97 Å². The van der Waals surface area contributed by atoms with Gasteiger partial charge in [-0.3, -0.25) is 4.79 Å². The zero-order valence-electron chi connectivity index (χ0n) is 6.67. The molecule has 0 bridgehead atoms. The molecule has 1 atom stereocenters. The molecule has 0 aromatic rings. The smallest absolute Gasteiger partial charge is 0.322 e. The largest absolute Gasteiger partial charge is 0.468 e. The van der Waals surface area contributed by atoms with E-state index < -0.39 is 6.04 Å². The van der Waals surface area contributed by atoms with E-state index in [9.17, 15) is 4.79 Å². The quantitative estimate of drug-likeness (QED) is 0.360. The Morgan fingerprint density at radius 1 is 1.82 bits per heavy atom. The Balaban J connectivity index is 3.45.